The summed E-state index contributed by atoms with van der Waals surface area (Å²) in [5, 5.41) is 0. The van der Waals surface area contributed by atoms with E-state index in [0.29, 0.717) is 11.4 Å². The van der Waals surface area contributed by atoms with Crippen LogP contribution in [0.2, 0.25) is 0 Å². The smallest absolute Gasteiger partial charge is 0.119 e. The minimum absolute atomic E-state index is 0. The van der Waals surface area contributed by atoms with Gasteiger partial charge in [0.1, 0.15) is 5.75 Å². The molecular formula is C13H16BrClN2O. The van der Waals surface area contributed by atoms with Gasteiger partial charge in [0.25, 0.3) is 0 Å². The molecule has 2 aromatic rings. The third-order valence-electron chi connectivity index (χ3n) is 2.46. The summed E-state index contributed by atoms with van der Waals surface area (Å²) in [6.07, 6.45) is 0. The van der Waals surface area contributed by atoms with Crippen molar-refractivity contribution < 1.29 is 4.74 Å². The van der Waals surface area contributed by atoms with Crippen LogP contribution in [0, 0.1) is 0 Å². The molecule has 0 atom stereocenters. The molecule has 0 saturated carbocycles. The van der Waals surface area contributed by atoms with Crippen LogP contribution in [0.1, 0.15) is 0 Å². The van der Waals surface area contributed by atoms with Crippen molar-refractivity contribution in [2.45, 2.75) is 0 Å². The highest BCUT2D eigenvalue weighted by molar-refractivity contribution is 8.93. The van der Waals surface area contributed by atoms with E-state index >= 15 is 0 Å². The van der Waals surface area contributed by atoms with Gasteiger partial charge in [-0.3, -0.25) is 0 Å². The van der Waals surface area contributed by atoms with Crippen LogP contribution in [-0.4, -0.2) is 7.11 Å². The van der Waals surface area contributed by atoms with E-state index in [0.717, 1.165) is 16.9 Å². The van der Waals surface area contributed by atoms with Gasteiger partial charge in [0.2, 0.25) is 0 Å². The van der Waals surface area contributed by atoms with Crippen molar-refractivity contribution in [3.63, 3.8) is 0 Å². The minimum Gasteiger partial charge on any atom is -0.497 e. The molecule has 0 aliphatic carbocycles. The maximum atomic E-state index is 5.92. The number of nitrogens with two attached hydrogens (primary N) is 2. The van der Waals surface area contributed by atoms with Crippen LogP contribution in [0.15, 0.2) is 42.5 Å². The Morgan fingerprint density at radius 1 is 1.00 bits per heavy atom. The lowest BCUT2D eigenvalue weighted by atomic mass is 10.0. The van der Waals surface area contributed by atoms with E-state index in [1.165, 1.54) is 0 Å². The van der Waals surface area contributed by atoms with Crippen LogP contribution in [0.3, 0.4) is 0 Å². The highest BCUT2D eigenvalue weighted by Gasteiger charge is 2.03. The Labute approximate surface area is 123 Å². The fourth-order valence-electron chi connectivity index (χ4n) is 1.63. The van der Waals surface area contributed by atoms with Crippen molar-refractivity contribution in [1.82, 2.24) is 0 Å². The van der Waals surface area contributed by atoms with E-state index in [1.807, 2.05) is 36.4 Å². The molecule has 0 aliphatic rings. The van der Waals surface area contributed by atoms with Crippen LogP contribution < -0.4 is 16.2 Å². The van der Waals surface area contributed by atoms with Gasteiger partial charge < -0.3 is 16.2 Å². The molecule has 0 heterocycles. The van der Waals surface area contributed by atoms with Gasteiger partial charge in [-0.2, -0.15) is 0 Å². The average molecular weight is 332 g/mol. The number of hydrogen-bond acceptors (Lipinski definition) is 3. The van der Waals surface area contributed by atoms with Gasteiger partial charge in [-0.15, -0.1) is 29.4 Å². The normalized spacial score (nSPS) is 8.94. The topological polar surface area (TPSA) is 61.3 Å². The van der Waals surface area contributed by atoms with Gasteiger partial charge in [-0.25, -0.2) is 0 Å². The second-order valence-electron chi connectivity index (χ2n) is 3.58. The molecule has 0 radical (unpaired) electrons. The molecule has 2 aromatic carbocycles. The fourth-order valence-corrected chi connectivity index (χ4v) is 1.63. The van der Waals surface area contributed by atoms with Crippen LogP contribution in [0.4, 0.5) is 11.4 Å². The molecule has 2 rings (SSSR count). The number of ether oxygens (including phenoxy) is 1. The van der Waals surface area contributed by atoms with Gasteiger partial charge in [0.05, 0.1) is 7.11 Å². The fraction of sp³-hybridized carbons (Fsp3) is 0.0769. The van der Waals surface area contributed by atoms with E-state index < -0.39 is 0 Å². The predicted octanol–water partition coefficient (Wildman–Crippen LogP) is 3.53. The summed E-state index contributed by atoms with van der Waals surface area (Å²) in [5.41, 5.74) is 14.9. The Morgan fingerprint density at radius 2 is 1.72 bits per heavy atom. The first-order valence-electron chi connectivity index (χ1n) is 5.00. The van der Waals surface area contributed by atoms with Crippen molar-refractivity contribution in [1.29, 1.82) is 0 Å². The summed E-state index contributed by atoms with van der Waals surface area (Å²) in [4.78, 5) is 0. The zero-order valence-electron chi connectivity index (χ0n) is 9.92. The number of anilines is 2. The first kappa shape index (κ1) is 16.6. The molecule has 0 aliphatic heterocycles. The highest BCUT2D eigenvalue weighted by atomic mass is 79.9. The first-order valence-corrected chi connectivity index (χ1v) is 5.00. The lowest BCUT2D eigenvalue weighted by Gasteiger charge is -2.08. The molecule has 18 heavy (non-hydrogen) atoms. The molecule has 0 bridgehead atoms. The Balaban J connectivity index is 0.00000144. The summed E-state index contributed by atoms with van der Waals surface area (Å²) < 4.78 is 5.17. The zero-order valence-corrected chi connectivity index (χ0v) is 12.5. The number of nitrogen functional groups attached to an aromatic ring is 2. The summed E-state index contributed by atoms with van der Waals surface area (Å²) >= 11 is 0. The standard InChI is InChI=1S/C13H14N2O.BrH.ClH/c1-16-11-4-2-3-9(7-11)12-6-5-10(14)8-13(12)15;;/h2-8H,14-15H2,1H3;2*1H. The number of hydrogen-bond donors (Lipinski definition) is 2. The quantitative estimate of drug-likeness (QED) is 0.828. The molecule has 0 fully saturated rings. The summed E-state index contributed by atoms with van der Waals surface area (Å²) in [6.45, 7) is 0. The Kier molecular flexibility index (Phi) is 6.58. The maximum absolute atomic E-state index is 5.92. The first-order chi connectivity index (χ1) is 7.70. The van der Waals surface area contributed by atoms with Crippen LogP contribution in [-0.2, 0) is 0 Å². The molecule has 0 aromatic heterocycles. The number of methoxy groups -OCH3 is 1. The Hall–Kier alpha value is -1.39. The maximum Gasteiger partial charge on any atom is 0.119 e. The molecule has 98 valence electrons. The van der Waals surface area contributed by atoms with Crippen LogP contribution >= 0.6 is 29.4 Å². The van der Waals surface area contributed by atoms with Crippen molar-refractivity contribution in [2.75, 3.05) is 18.6 Å². The summed E-state index contributed by atoms with van der Waals surface area (Å²) in [7, 11) is 1.64. The zero-order chi connectivity index (χ0) is 11.5. The van der Waals surface area contributed by atoms with E-state index in [9.17, 15) is 0 Å². The monoisotopic (exact) mass is 330 g/mol. The Bertz CT molecular complexity index is 520. The van der Waals surface area contributed by atoms with E-state index in [4.69, 9.17) is 16.2 Å². The molecular weight excluding hydrogens is 316 g/mol. The average Bonchev–Trinajstić information content (AvgIpc) is 2.29. The van der Waals surface area contributed by atoms with E-state index in [1.54, 1.807) is 13.2 Å². The number of benzene rings is 2. The molecule has 0 amide bonds. The number of halogens is 2. The van der Waals surface area contributed by atoms with Crippen molar-refractivity contribution >= 4 is 40.8 Å². The summed E-state index contributed by atoms with van der Waals surface area (Å²) in [6, 6.07) is 13.3. The second kappa shape index (κ2) is 7.13. The highest BCUT2D eigenvalue weighted by Crippen LogP contribution is 2.29. The van der Waals surface area contributed by atoms with Crippen molar-refractivity contribution in [3.05, 3.63) is 42.5 Å². The molecule has 0 spiro atoms. The number of rotatable bonds is 2. The van der Waals surface area contributed by atoms with Gasteiger partial charge in [-0.1, -0.05) is 18.2 Å². The van der Waals surface area contributed by atoms with Gasteiger partial charge in [0.15, 0.2) is 0 Å². The SMILES string of the molecule is Br.COc1cccc(-c2ccc(N)cc2N)c1.Cl. The van der Waals surface area contributed by atoms with Crippen molar-refractivity contribution in [2.24, 2.45) is 0 Å². The lowest BCUT2D eigenvalue weighted by Crippen LogP contribution is -1.93. The van der Waals surface area contributed by atoms with Gasteiger partial charge >= 0.3 is 0 Å². The molecule has 0 saturated heterocycles. The predicted molar refractivity (Wildman–Crippen MR) is 84.8 cm³/mol. The van der Waals surface area contributed by atoms with E-state index in [-0.39, 0.29) is 29.4 Å². The van der Waals surface area contributed by atoms with Gasteiger partial charge in [0, 0.05) is 16.9 Å². The van der Waals surface area contributed by atoms with Crippen LogP contribution in [0.25, 0.3) is 11.1 Å². The molecule has 5 heteroatoms. The van der Waals surface area contributed by atoms with Gasteiger partial charge in [-0.05, 0) is 29.8 Å². The molecule has 3 nitrogen and oxygen atoms in total. The third-order valence-corrected chi connectivity index (χ3v) is 2.46. The molecule has 4 N–H and O–H groups in total. The third kappa shape index (κ3) is 3.55. The Morgan fingerprint density at radius 3 is 2.33 bits per heavy atom. The van der Waals surface area contributed by atoms with Crippen molar-refractivity contribution in [3.8, 4) is 16.9 Å². The lowest BCUT2D eigenvalue weighted by molar-refractivity contribution is 0.415. The largest absolute Gasteiger partial charge is 0.497 e. The van der Waals surface area contributed by atoms with E-state index in [2.05, 4.69) is 0 Å². The molecule has 0 unspecified atom stereocenters. The second-order valence-corrected chi connectivity index (χ2v) is 3.58. The summed E-state index contributed by atoms with van der Waals surface area (Å²) in [5.74, 6) is 0.814. The van der Waals surface area contributed by atoms with Crippen LogP contribution in [0.5, 0.6) is 5.75 Å². The minimum atomic E-state index is 0.